The van der Waals surface area contributed by atoms with Gasteiger partial charge >= 0.3 is 0 Å². The maximum atomic E-state index is 9.82. The SMILES string of the molecule is CCCCC(O)O.O=C(Cl)/C=C/C(=O)Cl. The molecule has 2 N–H and O–H groups in total. The summed E-state index contributed by atoms with van der Waals surface area (Å²) in [7, 11) is 0. The van der Waals surface area contributed by atoms with Gasteiger partial charge in [0.2, 0.25) is 10.5 Å². The first-order valence-electron chi connectivity index (χ1n) is 4.33. The molecule has 6 heteroatoms. The van der Waals surface area contributed by atoms with Gasteiger partial charge in [-0.15, -0.1) is 0 Å². The van der Waals surface area contributed by atoms with Crippen LogP contribution >= 0.6 is 23.2 Å². The Kier molecular flexibility index (Phi) is 13.2. The molecular weight excluding hydrogens is 243 g/mol. The van der Waals surface area contributed by atoms with Crippen LogP contribution in [0.15, 0.2) is 12.2 Å². The number of allylic oxidation sites excluding steroid dienone is 2. The van der Waals surface area contributed by atoms with E-state index in [1.807, 2.05) is 6.92 Å². The normalized spacial score (nSPS) is 10.0. The zero-order chi connectivity index (χ0) is 12.3. The Morgan fingerprint density at radius 1 is 1.20 bits per heavy atom. The minimum Gasteiger partial charge on any atom is -0.368 e. The number of rotatable bonds is 5. The van der Waals surface area contributed by atoms with E-state index in [1.165, 1.54) is 0 Å². The van der Waals surface area contributed by atoms with Crippen molar-refractivity contribution in [2.24, 2.45) is 0 Å². The van der Waals surface area contributed by atoms with Crippen LogP contribution in [-0.4, -0.2) is 27.0 Å². The molecule has 15 heavy (non-hydrogen) atoms. The highest BCUT2D eigenvalue weighted by Gasteiger charge is 1.92. The predicted molar refractivity (Wildman–Crippen MR) is 58.6 cm³/mol. The fraction of sp³-hybridized carbons (Fsp3) is 0.556. The van der Waals surface area contributed by atoms with Gasteiger partial charge in [0.1, 0.15) is 0 Å². The van der Waals surface area contributed by atoms with E-state index in [1.54, 1.807) is 0 Å². The van der Waals surface area contributed by atoms with Crippen molar-refractivity contribution < 1.29 is 19.8 Å². The van der Waals surface area contributed by atoms with Crippen molar-refractivity contribution in [3.63, 3.8) is 0 Å². The second kappa shape index (κ2) is 11.7. The molecule has 0 saturated carbocycles. The molecule has 0 aliphatic rings. The monoisotopic (exact) mass is 256 g/mol. The van der Waals surface area contributed by atoms with Crippen LogP contribution in [0.2, 0.25) is 0 Å². The molecule has 0 radical (unpaired) electrons. The minimum atomic E-state index is -1.10. The Morgan fingerprint density at radius 2 is 1.60 bits per heavy atom. The van der Waals surface area contributed by atoms with Crippen molar-refractivity contribution in [2.75, 3.05) is 0 Å². The Labute approximate surface area is 98.5 Å². The smallest absolute Gasteiger partial charge is 0.245 e. The number of hydrogen-bond donors (Lipinski definition) is 2. The molecule has 0 rings (SSSR count). The molecular formula is C9H14Cl2O4. The molecule has 0 spiro atoms. The van der Waals surface area contributed by atoms with Gasteiger partial charge in [-0.2, -0.15) is 0 Å². The lowest BCUT2D eigenvalue weighted by atomic mass is 10.2. The van der Waals surface area contributed by atoms with Gasteiger partial charge in [-0.3, -0.25) is 9.59 Å². The maximum absolute atomic E-state index is 9.82. The van der Waals surface area contributed by atoms with E-state index in [4.69, 9.17) is 33.4 Å². The van der Waals surface area contributed by atoms with Crippen molar-refractivity contribution in [3.8, 4) is 0 Å². The van der Waals surface area contributed by atoms with Crippen LogP contribution in [0.1, 0.15) is 26.2 Å². The molecule has 4 nitrogen and oxygen atoms in total. The second-order valence-corrected chi connectivity index (χ2v) is 3.31. The summed E-state index contributed by atoms with van der Waals surface area (Å²) in [6.07, 6.45) is 3.11. The number of unbranched alkanes of at least 4 members (excludes halogenated alkanes) is 1. The Balaban J connectivity index is 0. The lowest BCUT2D eigenvalue weighted by Gasteiger charge is -1.97. The highest BCUT2D eigenvalue weighted by Crippen LogP contribution is 1.95. The average Bonchev–Trinajstić information content (AvgIpc) is 2.12. The first kappa shape index (κ1) is 17.0. The van der Waals surface area contributed by atoms with E-state index in [-0.39, 0.29) is 0 Å². The third kappa shape index (κ3) is 24.7. The Bertz CT molecular complexity index is 198. The topological polar surface area (TPSA) is 74.6 Å². The highest BCUT2D eigenvalue weighted by atomic mass is 35.5. The van der Waals surface area contributed by atoms with Gasteiger partial charge in [-0.05, 0) is 36.0 Å². The number of aliphatic hydroxyl groups is 2. The number of carbonyl (C=O) groups is 2. The van der Waals surface area contributed by atoms with E-state index in [0.717, 1.165) is 25.0 Å². The van der Waals surface area contributed by atoms with Gasteiger partial charge in [0.05, 0.1) is 0 Å². The van der Waals surface area contributed by atoms with Gasteiger partial charge in [-0.1, -0.05) is 13.3 Å². The third-order valence-electron chi connectivity index (χ3n) is 1.16. The third-order valence-corrected chi connectivity index (χ3v) is 1.41. The molecule has 0 aromatic rings. The van der Waals surface area contributed by atoms with Gasteiger partial charge in [0.25, 0.3) is 0 Å². The van der Waals surface area contributed by atoms with Gasteiger partial charge in [-0.25, -0.2) is 0 Å². The lowest BCUT2D eigenvalue weighted by molar-refractivity contribution is -0.109. The van der Waals surface area contributed by atoms with Crippen LogP contribution in [0.25, 0.3) is 0 Å². The van der Waals surface area contributed by atoms with Crippen molar-refractivity contribution in [1.82, 2.24) is 0 Å². The first-order valence-corrected chi connectivity index (χ1v) is 5.08. The number of halogens is 2. The number of hydrogen-bond acceptors (Lipinski definition) is 4. The fourth-order valence-corrected chi connectivity index (χ4v) is 0.644. The molecule has 0 heterocycles. The van der Waals surface area contributed by atoms with Crippen molar-refractivity contribution >= 4 is 33.7 Å². The van der Waals surface area contributed by atoms with Crippen LogP contribution in [0.3, 0.4) is 0 Å². The summed E-state index contributed by atoms with van der Waals surface area (Å²) in [6, 6.07) is 0. The van der Waals surface area contributed by atoms with E-state index < -0.39 is 16.8 Å². The van der Waals surface area contributed by atoms with Gasteiger partial charge in [0, 0.05) is 12.2 Å². The highest BCUT2D eigenvalue weighted by molar-refractivity contribution is 6.69. The minimum absolute atomic E-state index is 0.510. The summed E-state index contributed by atoms with van der Waals surface area (Å²) < 4.78 is 0. The van der Waals surface area contributed by atoms with Crippen LogP contribution in [0, 0.1) is 0 Å². The van der Waals surface area contributed by atoms with Gasteiger partial charge in [0.15, 0.2) is 6.29 Å². The van der Waals surface area contributed by atoms with Crippen molar-refractivity contribution in [2.45, 2.75) is 32.5 Å². The van der Waals surface area contributed by atoms with Crippen LogP contribution in [0.4, 0.5) is 0 Å². The van der Waals surface area contributed by atoms with Crippen LogP contribution in [0.5, 0.6) is 0 Å². The predicted octanol–water partition coefficient (Wildman–Crippen LogP) is 1.56. The molecule has 0 unspecified atom stereocenters. The summed E-state index contributed by atoms with van der Waals surface area (Å²) in [5.74, 6) is 0. The van der Waals surface area contributed by atoms with E-state index in [9.17, 15) is 9.59 Å². The van der Waals surface area contributed by atoms with Crippen LogP contribution < -0.4 is 0 Å². The largest absolute Gasteiger partial charge is 0.368 e. The maximum Gasteiger partial charge on any atom is 0.245 e. The molecule has 0 saturated heterocycles. The molecule has 0 aliphatic carbocycles. The molecule has 0 bridgehead atoms. The number of carbonyl (C=O) groups excluding carboxylic acids is 2. The van der Waals surface area contributed by atoms with E-state index in [0.29, 0.717) is 6.42 Å². The summed E-state index contributed by atoms with van der Waals surface area (Å²) in [5, 5.41) is 15.1. The summed E-state index contributed by atoms with van der Waals surface area (Å²) in [5.41, 5.74) is 0. The van der Waals surface area contributed by atoms with Gasteiger partial charge < -0.3 is 10.2 Å². The Morgan fingerprint density at radius 3 is 1.73 bits per heavy atom. The molecule has 88 valence electrons. The van der Waals surface area contributed by atoms with Crippen molar-refractivity contribution in [1.29, 1.82) is 0 Å². The molecule has 0 aromatic carbocycles. The second-order valence-electron chi connectivity index (χ2n) is 2.56. The Hall–Kier alpha value is -0.420. The zero-order valence-electron chi connectivity index (χ0n) is 8.32. The molecule has 0 fully saturated rings. The average molecular weight is 257 g/mol. The number of aliphatic hydroxyl groups excluding tert-OH is 1. The molecule has 0 amide bonds. The van der Waals surface area contributed by atoms with Crippen LogP contribution in [-0.2, 0) is 9.59 Å². The van der Waals surface area contributed by atoms with Crippen molar-refractivity contribution in [3.05, 3.63) is 12.2 Å². The summed E-state index contributed by atoms with van der Waals surface area (Å²) in [6.45, 7) is 2.02. The quantitative estimate of drug-likeness (QED) is 0.445. The standard InChI is InChI=1S/C5H12O2.C4H2Cl2O2/c1-2-3-4-5(6)7;5-3(7)1-2-4(6)8/h5-7H,2-4H2,1H3;1-2H/b;2-1+. The summed E-state index contributed by atoms with van der Waals surface area (Å²) >= 11 is 9.57. The van der Waals surface area contributed by atoms with E-state index in [2.05, 4.69) is 0 Å². The van der Waals surface area contributed by atoms with E-state index >= 15 is 0 Å². The molecule has 0 atom stereocenters. The zero-order valence-corrected chi connectivity index (χ0v) is 9.83. The lowest BCUT2D eigenvalue weighted by Crippen LogP contribution is -2.02. The first-order chi connectivity index (χ1) is 6.90. The fourth-order valence-electron chi connectivity index (χ4n) is 0.518. The molecule has 0 aliphatic heterocycles. The molecule has 0 aromatic heterocycles. The summed E-state index contributed by atoms with van der Waals surface area (Å²) in [4.78, 5) is 19.6.